The Kier molecular flexibility index (Phi) is 3.61. The van der Waals surface area contributed by atoms with Gasteiger partial charge in [0.2, 0.25) is 0 Å². The zero-order valence-corrected chi connectivity index (χ0v) is 11.3. The maximum Gasteiger partial charge on any atom is 0.128 e. The van der Waals surface area contributed by atoms with Crippen molar-refractivity contribution in [1.29, 1.82) is 5.26 Å². The van der Waals surface area contributed by atoms with Crippen molar-refractivity contribution < 1.29 is 4.39 Å². The van der Waals surface area contributed by atoms with Gasteiger partial charge < -0.3 is 5.32 Å². The Morgan fingerprint density at radius 3 is 2.83 bits per heavy atom. The molecule has 2 rings (SSSR count). The highest BCUT2D eigenvalue weighted by molar-refractivity contribution is 6.30. The Labute approximate surface area is 112 Å². The van der Waals surface area contributed by atoms with Crippen LogP contribution in [0.4, 0.5) is 4.39 Å². The van der Waals surface area contributed by atoms with Crippen LogP contribution in [0.3, 0.4) is 0 Å². The summed E-state index contributed by atoms with van der Waals surface area (Å²) >= 11 is 5.90. The van der Waals surface area contributed by atoms with Crippen molar-refractivity contribution >= 4 is 11.6 Å². The van der Waals surface area contributed by atoms with Gasteiger partial charge in [0.05, 0.1) is 11.5 Å². The second-order valence-electron chi connectivity index (χ2n) is 5.35. The van der Waals surface area contributed by atoms with E-state index in [9.17, 15) is 4.39 Å². The molecule has 0 radical (unpaired) electrons. The lowest BCUT2D eigenvalue weighted by Crippen LogP contribution is -2.37. The zero-order chi connectivity index (χ0) is 13.3. The van der Waals surface area contributed by atoms with Crippen molar-refractivity contribution in [3.8, 4) is 6.07 Å². The molecule has 1 aliphatic rings. The van der Waals surface area contributed by atoms with Gasteiger partial charge in [-0.3, -0.25) is 0 Å². The third kappa shape index (κ3) is 2.50. The SMILES string of the molecule is CC(C)(C#N)C1CC[C@@H](c2cc(Cl)ccc2F)N1. The van der Waals surface area contributed by atoms with E-state index in [1.54, 1.807) is 12.1 Å². The maximum absolute atomic E-state index is 13.8. The molecule has 96 valence electrons. The van der Waals surface area contributed by atoms with Crippen molar-refractivity contribution in [2.24, 2.45) is 5.41 Å². The monoisotopic (exact) mass is 266 g/mol. The average molecular weight is 267 g/mol. The first kappa shape index (κ1) is 13.3. The molecule has 1 aromatic carbocycles. The molecule has 0 aromatic heterocycles. The highest BCUT2D eigenvalue weighted by Gasteiger charge is 2.36. The lowest BCUT2D eigenvalue weighted by atomic mass is 9.85. The standard InChI is InChI=1S/C14H16ClFN2/c1-14(2,8-17)13-6-5-12(18-13)10-7-9(15)3-4-11(10)16/h3-4,7,12-13,18H,5-6H2,1-2H3/t12-,13?/m0/s1. The number of halogens is 2. The summed E-state index contributed by atoms with van der Waals surface area (Å²) in [6, 6.07) is 6.94. The van der Waals surface area contributed by atoms with Crippen LogP contribution in [0.5, 0.6) is 0 Å². The quantitative estimate of drug-likeness (QED) is 0.883. The van der Waals surface area contributed by atoms with Crippen molar-refractivity contribution in [2.45, 2.75) is 38.8 Å². The minimum absolute atomic E-state index is 0.0543. The van der Waals surface area contributed by atoms with Gasteiger partial charge in [0.25, 0.3) is 0 Å². The number of hydrogen-bond donors (Lipinski definition) is 1. The van der Waals surface area contributed by atoms with Gasteiger partial charge >= 0.3 is 0 Å². The highest BCUT2D eigenvalue weighted by Crippen LogP contribution is 2.36. The first-order valence-corrected chi connectivity index (χ1v) is 6.44. The largest absolute Gasteiger partial charge is 0.305 e. The smallest absolute Gasteiger partial charge is 0.128 e. The van der Waals surface area contributed by atoms with E-state index in [2.05, 4.69) is 11.4 Å². The van der Waals surface area contributed by atoms with Crippen molar-refractivity contribution in [2.75, 3.05) is 0 Å². The molecule has 0 amide bonds. The Balaban J connectivity index is 2.19. The second-order valence-corrected chi connectivity index (χ2v) is 5.78. The summed E-state index contributed by atoms with van der Waals surface area (Å²) in [6.07, 6.45) is 1.70. The van der Waals surface area contributed by atoms with Crippen LogP contribution in [0.1, 0.15) is 38.3 Å². The van der Waals surface area contributed by atoms with E-state index in [-0.39, 0.29) is 17.9 Å². The molecule has 0 saturated carbocycles. The van der Waals surface area contributed by atoms with Crippen LogP contribution in [0.25, 0.3) is 0 Å². The number of rotatable bonds is 2. The predicted molar refractivity (Wildman–Crippen MR) is 69.7 cm³/mol. The van der Waals surface area contributed by atoms with Crippen LogP contribution in [0.2, 0.25) is 5.02 Å². The number of nitrogens with one attached hydrogen (secondary N) is 1. The van der Waals surface area contributed by atoms with E-state index < -0.39 is 5.41 Å². The Hall–Kier alpha value is -1.11. The minimum Gasteiger partial charge on any atom is -0.305 e. The predicted octanol–water partition coefficient (Wildman–Crippen LogP) is 3.82. The van der Waals surface area contributed by atoms with Crippen LogP contribution in [-0.2, 0) is 0 Å². The lowest BCUT2D eigenvalue weighted by molar-refractivity contribution is 0.340. The average Bonchev–Trinajstić information content (AvgIpc) is 2.82. The van der Waals surface area contributed by atoms with Crippen LogP contribution in [0, 0.1) is 22.6 Å². The number of nitriles is 1. The van der Waals surface area contributed by atoms with Gasteiger partial charge in [0.1, 0.15) is 5.82 Å². The molecule has 1 N–H and O–H groups in total. The van der Waals surface area contributed by atoms with Gasteiger partial charge in [0, 0.05) is 22.7 Å². The molecule has 0 aliphatic carbocycles. The van der Waals surface area contributed by atoms with Gasteiger partial charge in [-0.2, -0.15) is 5.26 Å². The fraction of sp³-hybridized carbons (Fsp3) is 0.500. The fourth-order valence-electron chi connectivity index (χ4n) is 2.42. The molecule has 0 bridgehead atoms. The van der Waals surface area contributed by atoms with E-state index in [4.69, 9.17) is 16.9 Å². The van der Waals surface area contributed by atoms with E-state index in [0.717, 1.165) is 12.8 Å². The molecule has 1 saturated heterocycles. The lowest BCUT2D eigenvalue weighted by Gasteiger charge is -2.25. The molecular formula is C14H16ClFN2. The Morgan fingerprint density at radius 1 is 1.44 bits per heavy atom. The summed E-state index contributed by atoms with van der Waals surface area (Å²) in [5.41, 5.74) is 0.155. The third-order valence-electron chi connectivity index (χ3n) is 3.64. The van der Waals surface area contributed by atoms with E-state index in [1.807, 2.05) is 13.8 Å². The van der Waals surface area contributed by atoms with Gasteiger partial charge in [-0.05, 0) is 44.9 Å². The maximum atomic E-state index is 13.8. The van der Waals surface area contributed by atoms with Gasteiger partial charge in [-0.15, -0.1) is 0 Å². The molecule has 1 fully saturated rings. The molecule has 1 heterocycles. The molecular weight excluding hydrogens is 251 g/mol. The van der Waals surface area contributed by atoms with E-state index in [1.165, 1.54) is 6.07 Å². The summed E-state index contributed by atoms with van der Waals surface area (Å²) in [5.74, 6) is -0.243. The third-order valence-corrected chi connectivity index (χ3v) is 3.87. The van der Waals surface area contributed by atoms with Gasteiger partial charge in [0.15, 0.2) is 0 Å². The summed E-state index contributed by atoms with van der Waals surface area (Å²) in [6.45, 7) is 3.81. The Morgan fingerprint density at radius 2 is 2.17 bits per heavy atom. The van der Waals surface area contributed by atoms with Crippen molar-refractivity contribution in [3.63, 3.8) is 0 Å². The molecule has 2 nitrogen and oxygen atoms in total. The van der Waals surface area contributed by atoms with E-state index >= 15 is 0 Å². The van der Waals surface area contributed by atoms with E-state index in [0.29, 0.717) is 10.6 Å². The molecule has 4 heteroatoms. The molecule has 1 aliphatic heterocycles. The second kappa shape index (κ2) is 4.87. The normalized spacial score (nSPS) is 23.9. The van der Waals surface area contributed by atoms with Crippen molar-refractivity contribution in [3.05, 3.63) is 34.6 Å². The molecule has 1 unspecified atom stereocenters. The van der Waals surface area contributed by atoms with Crippen LogP contribution >= 0.6 is 11.6 Å². The number of hydrogen-bond acceptors (Lipinski definition) is 2. The first-order chi connectivity index (χ1) is 8.44. The zero-order valence-electron chi connectivity index (χ0n) is 10.5. The minimum atomic E-state index is -0.441. The summed E-state index contributed by atoms with van der Waals surface area (Å²) in [5, 5.41) is 13.0. The number of nitrogens with zero attached hydrogens (tertiary/aromatic N) is 1. The molecule has 1 aromatic rings. The molecule has 18 heavy (non-hydrogen) atoms. The highest BCUT2D eigenvalue weighted by atomic mass is 35.5. The Bertz CT molecular complexity index is 493. The number of benzene rings is 1. The van der Waals surface area contributed by atoms with Crippen LogP contribution in [-0.4, -0.2) is 6.04 Å². The molecule has 0 spiro atoms. The summed E-state index contributed by atoms with van der Waals surface area (Å²) in [4.78, 5) is 0. The first-order valence-electron chi connectivity index (χ1n) is 6.06. The topological polar surface area (TPSA) is 35.8 Å². The van der Waals surface area contributed by atoms with Gasteiger partial charge in [-0.1, -0.05) is 11.6 Å². The fourth-order valence-corrected chi connectivity index (χ4v) is 2.60. The van der Waals surface area contributed by atoms with Crippen LogP contribution in [0.15, 0.2) is 18.2 Å². The summed E-state index contributed by atoms with van der Waals surface area (Å²) in [7, 11) is 0. The summed E-state index contributed by atoms with van der Waals surface area (Å²) < 4.78 is 13.8. The van der Waals surface area contributed by atoms with Crippen LogP contribution < -0.4 is 5.32 Å². The van der Waals surface area contributed by atoms with Crippen molar-refractivity contribution in [1.82, 2.24) is 5.32 Å². The van der Waals surface area contributed by atoms with Gasteiger partial charge in [-0.25, -0.2) is 4.39 Å². The molecule has 2 atom stereocenters.